The second-order valence-corrected chi connectivity index (χ2v) is 8.37. The fourth-order valence-corrected chi connectivity index (χ4v) is 5.82. The minimum absolute atomic E-state index is 0.125. The molecule has 5 heteroatoms. The lowest BCUT2D eigenvalue weighted by Gasteiger charge is -2.36. The molecule has 2 heterocycles. The highest BCUT2D eigenvalue weighted by atomic mass is 32.2. The van der Waals surface area contributed by atoms with Gasteiger partial charge in [-0.1, -0.05) is 44.9 Å². The first-order chi connectivity index (χ1) is 10.7. The first-order valence-electron chi connectivity index (χ1n) is 8.90. The van der Waals surface area contributed by atoms with Crippen molar-refractivity contribution in [3.63, 3.8) is 0 Å². The van der Waals surface area contributed by atoms with Crippen molar-refractivity contribution in [3.05, 3.63) is 0 Å². The summed E-state index contributed by atoms with van der Waals surface area (Å²) in [6.45, 7) is 0. The van der Waals surface area contributed by atoms with Crippen molar-refractivity contribution in [2.75, 3.05) is 5.75 Å². The van der Waals surface area contributed by atoms with Gasteiger partial charge in [0, 0.05) is 11.7 Å². The van der Waals surface area contributed by atoms with Gasteiger partial charge in [-0.25, -0.2) is 0 Å². The average Bonchev–Trinajstić information content (AvgIpc) is 2.96. The number of hydrogen-bond donors (Lipinski definition) is 1. The molecule has 2 N–H and O–H groups in total. The normalized spacial score (nSPS) is 33.0. The maximum Gasteiger partial charge on any atom is 0.241 e. The van der Waals surface area contributed by atoms with Gasteiger partial charge in [-0.2, -0.15) is 0 Å². The van der Waals surface area contributed by atoms with Crippen LogP contribution in [0.2, 0.25) is 0 Å². The zero-order valence-electron chi connectivity index (χ0n) is 13.3. The van der Waals surface area contributed by atoms with Gasteiger partial charge in [0.1, 0.15) is 6.04 Å². The van der Waals surface area contributed by atoms with Gasteiger partial charge in [-0.3, -0.25) is 9.59 Å². The molecule has 0 bridgehead atoms. The van der Waals surface area contributed by atoms with Crippen LogP contribution in [0.1, 0.15) is 64.2 Å². The van der Waals surface area contributed by atoms with E-state index < -0.39 is 0 Å². The lowest BCUT2D eigenvalue weighted by molar-refractivity contribution is -0.145. The number of nitrogens with zero attached hydrogens (tertiary/aromatic N) is 1. The van der Waals surface area contributed by atoms with E-state index in [1.54, 1.807) is 11.8 Å². The molecule has 4 nitrogen and oxygen atoms in total. The highest BCUT2D eigenvalue weighted by molar-refractivity contribution is 8.00. The number of carbonyl (C=O) groups is 2. The predicted octanol–water partition coefficient (Wildman–Crippen LogP) is 2.90. The van der Waals surface area contributed by atoms with Crippen LogP contribution in [0.15, 0.2) is 0 Å². The van der Waals surface area contributed by atoms with E-state index in [1.807, 2.05) is 4.90 Å². The molecule has 3 atom stereocenters. The van der Waals surface area contributed by atoms with Crippen molar-refractivity contribution in [2.24, 2.45) is 17.6 Å². The summed E-state index contributed by atoms with van der Waals surface area (Å²) in [6, 6.07) is -0.372. The molecular weight excluding hydrogens is 296 g/mol. The van der Waals surface area contributed by atoms with E-state index in [-0.39, 0.29) is 29.1 Å². The summed E-state index contributed by atoms with van der Waals surface area (Å²) in [5, 5.41) is 0.194. The Morgan fingerprint density at radius 3 is 2.64 bits per heavy atom. The van der Waals surface area contributed by atoms with Crippen molar-refractivity contribution < 1.29 is 9.59 Å². The highest BCUT2D eigenvalue weighted by Crippen LogP contribution is 2.40. The summed E-state index contributed by atoms with van der Waals surface area (Å²) < 4.78 is 0. The van der Waals surface area contributed by atoms with Crippen LogP contribution >= 0.6 is 11.8 Å². The Kier molecular flexibility index (Phi) is 5.32. The summed E-state index contributed by atoms with van der Waals surface area (Å²) >= 11 is 1.72. The van der Waals surface area contributed by atoms with Crippen LogP contribution in [-0.2, 0) is 9.59 Å². The first kappa shape index (κ1) is 16.2. The summed E-state index contributed by atoms with van der Waals surface area (Å²) in [6.07, 6.45) is 12.4. The Morgan fingerprint density at radius 1 is 1.14 bits per heavy atom. The lowest BCUT2D eigenvalue weighted by Crippen LogP contribution is -2.52. The number of primary amides is 1. The van der Waals surface area contributed by atoms with Crippen LogP contribution in [0.4, 0.5) is 0 Å². The van der Waals surface area contributed by atoms with Crippen molar-refractivity contribution >= 4 is 23.6 Å². The molecule has 124 valence electrons. The first-order valence-corrected chi connectivity index (χ1v) is 9.95. The Morgan fingerprint density at radius 2 is 1.91 bits per heavy atom. The van der Waals surface area contributed by atoms with Crippen molar-refractivity contribution in [1.82, 2.24) is 4.90 Å². The zero-order valence-corrected chi connectivity index (χ0v) is 14.2. The van der Waals surface area contributed by atoms with Crippen LogP contribution in [0.25, 0.3) is 0 Å². The van der Waals surface area contributed by atoms with E-state index in [2.05, 4.69) is 0 Å². The number of nitrogens with two attached hydrogens (primary N) is 1. The molecule has 3 fully saturated rings. The highest BCUT2D eigenvalue weighted by Gasteiger charge is 2.45. The Bertz CT molecular complexity index is 423. The summed E-state index contributed by atoms with van der Waals surface area (Å²) in [7, 11) is 0. The fraction of sp³-hybridized carbons (Fsp3) is 0.882. The van der Waals surface area contributed by atoms with E-state index in [1.165, 1.54) is 38.5 Å². The van der Waals surface area contributed by atoms with Crippen LogP contribution in [-0.4, -0.2) is 33.9 Å². The molecule has 0 aromatic heterocycles. The second-order valence-electron chi connectivity index (χ2n) is 7.16. The molecule has 1 aliphatic carbocycles. The Labute approximate surface area is 137 Å². The lowest BCUT2D eigenvalue weighted by atomic mass is 9.83. The minimum atomic E-state index is -0.372. The van der Waals surface area contributed by atoms with E-state index in [0.717, 1.165) is 31.6 Å². The van der Waals surface area contributed by atoms with Gasteiger partial charge in [0.05, 0.1) is 5.37 Å². The SMILES string of the molecule is NC(=O)[C@@H]1CSC2CC[C@H](CCCC3CCCCC3)C(=O)N21. The topological polar surface area (TPSA) is 63.4 Å². The third-order valence-electron chi connectivity index (χ3n) is 5.68. The van der Waals surface area contributed by atoms with Crippen molar-refractivity contribution in [2.45, 2.75) is 75.6 Å². The molecule has 0 aromatic rings. The molecule has 1 unspecified atom stereocenters. The molecule has 0 aromatic carbocycles. The zero-order chi connectivity index (χ0) is 15.5. The maximum absolute atomic E-state index is 12.7. The monoisotopic (exact) mass is 324 g/mol. The third-order valence-corrected chi connectivity index (χ3v) is 7.03. The molecule has 3 rings (SSSR count). The molecular formula is C17H28N2O2S. The maximum atomic E-state index is 12.7. The van der Waals surface area contributed by atoms with E-state index >= 15 is 0 Å². The number of thioether (sulfide) groups is 1. The molecule has 22 heavy (non-hydrogen) atoms. The largest absolute Gasteiger partial charge is 0.368 e. The predicted molar refractivity (Wildman–Crippen MR) is 89.2 cm³/mol. The minimum Gasteiger partial charge on any atom is -0.368 e. The van der Waals surface area contributed by atoms with Gasteiger partial charge in [0.15, 0.2) is 0 Å². The van der Waals surface area contributed by atoms with E-state index in [9.17, 15) is 9.59 Å². The number of carbonyl (C=O) groups excluding carboxylic acids is 2. The van der Waals surface area contributed by atoms with E-state index in [0.29, 0.717) is 5.75 Å². The smallest absolute Gasteiger partial charge is 0.241 e. The molecule has 1 saturated carbocycles. The summed E-state index contributed by atoms with van der Waals surface area (Å²) in [4.78, 5) is 26.1. The number of piperidine rings is 1. The fourth-order valence-electron chi connectivity index (χ4n) is 4.38. The van der Waals surface area contributed by atoms with E-state index in [4.69, 9.17) is 5.73 Å². The van der Waals surface area contributed by atoms with Crippen LogP contribution in [0.5, 0.6) is 0 Å². The third kappa shape index (κ3) is 3.44. The van der Waals surface area contributed by atoms with Crippen molar-refractivity contribution in [3.8, 4) is 0 Å². The van der Waals surface area contributed by atoms with Crippen LogP contribution < -0.4 is 5.73 Å². The van der Waals surface area contributed by atoms with Gasteiger partial charge >= 0.3 is 0 Å². The quantitative estimate of drug-likeness (QED) is 0.846. The number of hydrogen-bond acceptors (Lipinski definition) is 3. The molecule has 0 spiro atoms. The number of amides is 2. The molecule has 2 saturated heterocycles. The number of rotatable bonds is 5. The second kappa shape index (κ2) is 7.24. The van der Waals surface area contributed by atoms with Gasteiger partial charge in [-0.15, -0.1) is 11.8 Å². The molecule has 2 amide bonds. The van der Waals surface area contributed by atoms with Gasteiger partial charge in [0.25, 0.3) is 0 Å². The number of fused-ring (bicyclic) bond motifs is 1. The van der Waals surface area contributed by atoms with Crippen molar-refractivity contribution in [1.29, 1.82) is 0 Å². The Balaban J connectivity index is 1.49. The molecule has 0 radical (unpaired) electrons. The van der Waals surface area contributed by atoms with Crippen LogP contribution in [0.3, 0.4) is 0 Å². The standard InChI is InChI=1S/C17H28N2O2S/c18-16(20)14-11-22-15-10-9-13(17(21)19(14)15)8-4-7-12-5-2-1-3-6-12/h12-15H,1-11H2,(H2,18,20)/t13-,14-,15?/m0/s1. The van der Waals surface area contributed by atoms with Gasteiger partial charge in [0.2, 0.25) is 11.8 Å². The molecule has 3 aliphatic rings. The summed E-state index contributed by atoms with van der Waals surface area (Å²) in [5.74, 6) is 1.54. The van der Waals surface area contributed by atoms with Crippen LogP contribution in [0, 0.1) is 11.8 Å². The summed E-state index contributed by atoms with van der Waals surface area (Å²) in [5.41, 5.74) is 5.46. The Hall–Kier alpha value is -0.710. The van der Waals surface area contributed by atoms with Gasteiger partial charge in [-0.05, 0) is 25.2 Å². The van der Waals surface area contributed by atoms with Gasteiger partial charge < -0.3 is 10.6 Å². The average molecular weight is 324 g/mol. The molecule has 2 aliphatic heterocycles.